The highest BCUT2D eigenvalue weighted by molar-refractivity contribution is 5.84. The van der Waals surface area contributed by atoms with E-state index in [9.17, 15) is 4.79 Å². The summed E-state index contributed by atoms with van der Waals surface area (Å²) in [7, 11) is 1.71. The zero-order chi connectivity index (χ0) is 18.0. The van der Waals surface area contributed by atoms with Crippen molar-refractivity contribution in [2.24, 2.45) is 23.2 Å². The molecule has 142 valence electrons. The molecule has 3 fully saturated rings. The molecule has 0 spiro atoms. The van der Waals surface area contributed by atoms with Crippen LogP contribution in [0.5, 0.6) is 5.75 Å². The van der Waals surface area contributed by atoms with Crippen molar-refractivity contribution in [2.45, 2.75) is 44.9 Å². The van der Waals surface area contributed by atoms with Gasteiger partial charge in [0.1, 0.15) is 5.75 Å². The smallest absolute Gasteiger partial charge is 0.226 e. The van der Waals surface area contributed by atoms with Crippen LogP contribution < -0.4 is 15.4 Å². The number of fused-ring (bicyclic) bond motifs is 2. The van der Waals surface area contributed by atoms with E-state index < -0.39 is 0 Å². The molecule has 1 saturated heterocycles. The molecule has 4 unspecified atom stereocenters. The molecule has 1 amide bonds. The fraction of sp³-hybridized carbons (Fsp3) is 0.682. The first-order valence-corrected chi connectivity index (χ1v) is 10.3. The van der Waals surface area contributed by atoms with E-state index in [-0.39, 0.29) is 5.41 Å². The third-order valence-corrected chi connectivity index (χ3v) is 7.08. The molecule has 3 aliphatic rings. The van der Waals surface area contributed by atoms with E-state index in [4.69, 9.17) is 4.74 Å². The number of carbonyl (C=O) groups is 1. The number of methoxy groups -OCH3 is 1. The first kappa shape index (κ1) is 17.8. The van der Waals surface area contributed by atoms with Gasteiger partial charge >= 0.3 is 0 Å². The molecule has 2 N–H and O–H groups in total. The van der Waals surface area contributed by atoms with Crippen molar-refractivity contribution in [1.29, 1.82) is 0 Å². The van der Waals surface area contributed by atoms with Gasteiger partial charge in [0.05, 0.1) is 12.5 Å². The van der Waals surface area contributed by atoms with Gasteiger partial charge < -0.3 is 15.4 Å². The van der Waals surface area contributed by atoms with Gasteiger partial charge in [-0.25, -0.2) is 0 Å². The predicted molar refractivity (Wildman–Crippen MR) is 103 cm³/mol. The number of amides is 1. The summed E-state index contributed by atoms with van der Waals surface area (Å²) in [6.07, 6.45) is 8.02. The Morgan fingerprint density at radius 3 is 2.96 bits per heavy atom. The molecule has 1 aromatic rings. The lowest BCUT2D eigenvalue weighted by molar-refractivity contribution is -0.134. The van der Waals surface area contributed by atoms with Crippen LogP contribution >= 0.6 is 0 Å². The Hall–Kier alpha value is -1.55. The Balaban J connectivity index is 1.45. The molecule has 1 aromatic carbocycles. The molecule has 2 aliphatic carbocycles. The van der Waals surface area contributed by atoms with Crippen LogP contribution in [-0.2, 0) is 11.2 Å². The highest BCUT2D eigenvalue weighted by Gasteiger charge is 2.55. The largest absolute Gasteiger partial charge is 0.497 e. The van der Waals surface area contributed by atoms with Crippen LogP contribution in [-0.4, -0.2) is 32.7 Å². The lowest BCUT2D eigenvalue weighted by Crippen LogP contribution is -2.46. The zero-order valence-corrected chi connectivity index (χ0v) is 15.9. The van der Waals surface area contributed by atoms with Gasteiger partial charge in [0, 0.05) is 6.54 Å². The van der Waals surface area contributed by atoms with Gasteiger partial charge in [0.2, 0.25) is 5.91 Å². The second-order valence-corrected chi connectivity index (χ2v) is 8.67. The standard InChI is InChI=1S/C22H32N2O2/c1-26-20-4-2-3-17(12-20)13-22(14-18-5-6-19(22)11-18)21(25)24-10-8-16-7-9-23-15-16/h2-4,12,16,18-19,23H,5-11,13-15H2,1H3,(H,24,25). The van der Waals surface area contributed by atoms with Crippen LogP contribution in [0.3, 0.4) is 0 Å². The summed E-state index contributed by atoms with van der Waals surface area (Å²) in [4.78, 5) is 13.3. The molecule has 0 aromatic heterocycles. The molecule has 4 rings (SSSR count). The van der Waals surface area contributed by atoms with Crippen LogP contribution in [0.25, 0.3) is 0 Å². The van der Waals surface area contributed by atoms with Crippen molar-refractivity contribution in [3.63, 3.8) is 0 Å². The van der Waals surface area contributed by atoms with E-state index in [1.165, 1.54) is 31.2 Å². The normalized spacial score (nSPS) is 32.7. The minimum Gasteiger partial charge on any atom is -0.497 e. The van der Waals surface area contributed by atoms with Gasteiger partial charge in [-0.1, -0.05) is 18.6 Å². The van der Waals surface area contributed by atoms with Crippen LogP contribution in [0.2, 0.25) is 0 Å². The molecule has 4 nitrogen and oxygen atoms in total. The highest BCUT2D eigenvalue weighted by atomic mass is 16.5. The third kappa shape index (κ3) is 3.48. The Kier molecular flexibility index (Phi) is 5.21. The summed E-state index contributed by atoms with van der Waals surface area (Å²) in [5, 5.41) is 6.74. The molecule has 2 saturated carbocycles. The van der Waals surface area contributed by atoms with Crippen molar-refractivity contribution in [1.82, 2.24) is 10.6 Å². The highest BCUT2D eigenvalue weighted by Crippen LogP contribution is 2.57. The molecule has 4 atom stereocenters. The minimum atomic E-state index is -0.205. The van der Waals surface area contributed by atoms with Gasteiger partial charge in [0.25, 0.3) is 0 Å². The van der Waals surface area contributed by atoms with Crippen molar-refractivity contribution in [2.75, 3.05) is 26.7 Å². The fourth-order valence-electron chi connectivity index (χ4n) is 5.69. The lowest BCUT2D eigenvalue weighted by Gasteiger charge is -2.36. The molecule has 0 radical (unpaired) electrons. The Labute approximate surface area is 157 Å². The maximum atomic E-state index is 13.3. The molecule has 1 aliphatic heterocycles. The van der Waals surface area contributed by atoms with Crippen LogP contribution in [0.15, 0.2) is 24.3 Å². The quantitative estimate of drug-likeness (QED) is 0.789. The fourth-order valence-corrected chi connectivity index (χ4v) is 5.69. The summed E-state index contributed by atoms with van der Waals surface area (Å²) < 4.78 is 5.39. The molecular formula is C22H32N2O2. The summed E-state index contributed by atoms with van der Waals surface area (Å²) in [6.45, 7) is 3.06. The van der Waals surface area contributed by atoms with Crippen LogP contribution in [0.1, 0.15) is 44.1 Å². The zero-order valence-electron chi connectivity index (χ0n) is 15.9. The average Bonchev–Trinajstić information content (AvgIpc) is 3.39. The van der Waals surface area contributed by atoms with E-state index in [1.807, 2.05) is 12.1 Å². The maximum absolute atomic E-state index is 13.3. The Morgan fingerprint density at radius 1 is 1.35 bits per heavy atom. The van der Waals surface area contributed by atoms with Crippen molar-refractivity contribution < 1.29 is 9.53 Å². The SMILES string of the molecule is COc1cccc(CC2(C(=O)NCCC3CCNC3)CC3CCC2C3)c1. The molecule has 4 heteroatoms. The molecule has 2 bridgehead atoms. The summed E-state index contributed by atoms with van der Waals surface area (Å²) in [5.41, 5.74) is 1.02. The number of hydrogen-bond donors (Lipinski definition) is 2. The van der Waals surface area contributed by atoms with Gasteiger partial charge in [-0.2, -0.15) is 0 Å². The second-order valence-electron chi connectivity index (χ2n) is 8.67. The van der Waals surface area contributed by atoms with Gasteiger partial charge in [-0.05, 0) is 87.1 Å². The van der Waals surface area contributed by atoms with E-state index in [0.717, 1.165) is 56.5 Å². The van der Waals surface area contributed by atoms with E-state index in [0.29, 0.717) is 11.8 Å². The van der Waals surface area contributed by atoms with Crippen LogP contribution in [0.4, 0.5) is 0 Å². The first-order valence-electron chi connectivity index (χ1n) is 10.3. The van der Waals surface area contributed by atoms with E-state index in [2.05, 4.69) is 22.8 Å². The molecular weight excluding hydrogens is 324 g/mol. The topological polar surface area (TPSA) is 50.4 Å². The van der Waals surface area contributed by atoms with Crippen molar-refractivity contribution in [3.05, 3.63) is 29.8 Å². The second kappa shape index (κ2) is 7.59. The number of rotatable bonds is 7. The molecule has 1 heterocycles. The predicted octanol–water partition coefficient (Wildman–Crippen LogP) is 3.16. The maximum Gasteiger partial charge on any atom is 0.226 e. The first-order chi connectivity index (χ1) is 12.7. The minimum absolute atomic E-state index is 0.205. The Morgan fingerprint density at radius 2 is 2.27 bits per heavy atom. The van der Waals surface area contributed by atoms with Gasteiger partial charge in [-0.15, -0.1) is 0 Å². The number of benzene rings is 1. The van der Waals surface area contributed by atoms with Crippen molar-refractivity contribution in [3.8, 4) is 5.75 Å². The molecule has 26 heavy (non-hydrogen) atoms. The summed E-state index contributed by atoms with van der Waals surface area (Å²) >= 11 is 0. The van der Waals surface area contributed by atoms with E-state index >= 15 is 0 Å². The van der Waals surface area contributed by atoms with Crippen molar-refractivity contribution >= 4 is 5.91 Å². The number of carbonyl (C=O) groups excluding carboxylic acids is 1. The number of hydrogen-bond acceptors (Lipinski definition) is 3. The van der Waals surface area contributed by atoms with Gasteiger partial charge in [0.15, 0.2) is 0 Å². The number of nitrogens with one attached hydrogen (secondary N) is 2. The monoisotopic (exact) mass is 356 g/mol. The Bertz CT molecular complexity index is 641. The van der Waals surface area contributed by atoms with Gasteiger partial charge in [-0.3, -0.25) is 4.79 Å². The average molecular weight is 357 g/mol. The number of ether oxygens (including phenoxy) is 1. The summed E-state index contributed by atoms with van der Waals surface area (Å²) in [6, 6.07) is 8.27. The lowest BCUT2D eigenvalue weighted by atomic mass is 9.68. The third-order valence-electron chi connectivity index (χ3n) is 7.08. The summed E-state index contributed by atoms with van der Waals surface area (Å²) in [5.74, 6) is 3.21. The van der Waals surface area contributed by atoms with Crippen LogP contribution in [0, 0.1) is 23.2 Å². The van der Waals surface area contributed by atoms with E-state index in [1.54, 1.807) is 7.11 Å².